The molecule has 1 unspecified atom stereocenters. The maximum Gasteiger partial charge on any atom is 0.238 e. The fourth-order valence-electron chi connectivity index (χ4n) is 2.63. The Morgan fingerprint density at radius 3 is 3.05 bits per heavy atom. The highest BCUT2D eigenvalue weighted by atomic mass is 16.2. The summed E-state index contributed by atoms with van der Waals surface area (Å²) in [5.74, 6) is -0.0595. The molecule has 1 atom stereocenters. The second kappa shape index (κ2) is 7.04. The molecule has 1 amide bonds. The Morgan fingerprint density at radius 1 is 1.50 bits per heavy atom. The Morgan fingerprint density at radius 2 is 2.30 bits per heavy atom. The molecule has 5 heteroatoms. The summed E-state index contributed by atoms with van der Waals surface area (Å²) in [6.45, 7) is 2.24. The Kier molecular flexibility index (Phi) is 5.10. The molecule has 0 radical (unpaired) electrons. The van der Waals surface area contributed by atoms with Crippen molar-refractivity contribution in [1.29, 1.82) is 5.26 Å². The smallest absolute Gasteiger partial charge is 0.238 e. The van der Waals surface area contributed by atoms with Crippen LogP contribution in [0.1, 0.15) is 18.4 Å². The molecule has 106 valence electrons. The third-order valence-electron chi connectivity index (χ3n) is 3.61. The summed E-state index contributed by atoms with van der Waals surface area (Å²) < 4.78 is 0. The van der Waals surface area contributed by atoms with Crippen LogP contribution < -0.4 is 10.6 Å². The van der Waals surface area contributed by atoms with Gasteiger partial charge in [-0.3, -0.25) is 9.69 Å². The minimum Gasteiger partial charge on any atom is -0.324 e. The number of rotatable bonds is 5. The van der Waals surface area contributed by atoms with Gasteiger partial charge in [0.05, 0.1) is 17.8 Å². The highest BCUT2D eigenvalue weighted by Gasteiger charge is 2.25. The lowest BCUT2D eigenvalue weighted by atomic mass is 10.2. The minimum absolute atomic E-state index is 0.0595. The molecule has 1 heterocycles. The summed E-state index contributed by atoms with van der Waals surface area (Å²) in [5, 5.41) is 15.0. The van der Waals surface area contributed by atoms with Gasteiger partial charge in [-0.1, -0.05) is 12.1 Å². The summed E-state index contributed by atoms with van der Waals surface area (Å²) >= 11 is 0. The van der Waals surface area contributed by atoms with Gasteiger partial charge >= 0.3 is 0 Å². The van der Waals surface area contributed by atoms with Crippen LogP contribution in [0.5, 0.6) is 0 Å². The van der Waals surface area contributed by atoms with Crippen LogP contribution in [-0.2, 0) is 4.79 Å². The molecule has 2 N–H and O–H groups in total. The number of nitrogens with one attached hydrogen (secondary N) is 2. The molecule has 0 aromatic heterocycles. The van der Waals surface area contributed by atoms with Crippen LogP contribution >= 0.6 is 0 Å². The Balaban J connectivity index is 1.94. The zero-order chi connectivity index (χ0) is 14.4. The van der Waals surface area contributed by atoms with Gasteiger partial charge in [0.1, 0.15) is 6.07 Å². The van der Waals surface area contributed by atoms with E-state index in [9.17, 15) is 4.79 Å². The molecule has 1 aromatic rings. The Bertz CT molecular complexity index is 509. The molecule has 0 saturated carbocycles. The van der Waals surface area contributed by atoms with Gasteiger partial charge in [0, 0.05) is 12.6 Å². The number of benzene rings is 1. The van der Waals surface area contributed by atoms with Crippen molar-refractivity contribution in [2.75, 3.05) is 32.0 Å². The van der Waals surface area contributed by atoms with Crippen LogP contribution in [0, 0.1) is 11.3 Å². The first-order valence-corrected chi connectivity index (χ1v) is 6.92. The number of hydrogen-bond donors (Lipinski definition) is 2. The Hall–Kier alpha value is -1.90. The fraction of sp³-hybridized carbons (Fsp3) is 0.467. The molecule has 20 heavy (non-hydrogen) atoms. The van der Waals surface area contributed by atoms with Crippen LogP contribution in [0.2, 0.25) is 0 Å². The summed E-state index contributed by atoms with van der Waals surface area (Å²) in [6.07, 6.45) is 2.26. The van der Waals surface area contributed by atoms with Crippen molar-refractivity contribution in [3.63, 3.8) is 0 Å². The van der Waals surface area contributed by atoms with Crippen LogP contribution in [-0.4, -0.2) is 43.5 Å². The molecule has 0 spiro atoms. The lowest BCUT2D eigenvalue weighted by Gasteiger charge is -2.23. The van der Waals surface area contributed by atoms with E-state index in [4.69, 9.17) is 5.26 Å². The van der Waals surface area contributed by atoms with Gasteiger partial charge in [-0.25, -0.2) is 0 Å². The van der Waals surface area contributed by atoms with Crippen molar-refractivity contribution in [2.45, 2.75) is 18.9 Å². The fourth-order valence-corrected chi connectivity index (χ4v) is 2.63. The number of nitrogens with zero attached hydrogens (tertiary/aromatic N) is 2. The summed E-state index contributed by atoms with van der Waals surface area (Å²) in [4.78, 5) is 14.3. The number of carbonyl (C=O) groups excluding carboxylic acids is 1. The summed E-state index contributed by atoms with van der Waals surface area (Å²) in [5.41, 5.74) is 1.08. The van der Waals surface area contributed by atoms with E-state index in [2.05, 4.69) is 21.6 Å². The van der Waals surface area contributed by atoms with E-state index in [0.717, 1.165) is 25.9 Å². The summed E-state index contributed by atoms with van der Waals surface area (Å²) in [7, 11) is 1.93. The largest absolute Gasteiger partial charge is 0.324 e. The summed E-state index contributed by atoms with van der Waals surface area (Å²) in [6, 6.07) is 9.58. The van der Waals surface area contributed by atoms with Gasteiger partial charge in [0.25, 0.3) is 0 Å². The molecular weight excluding hydrogens is 252 g/mol. The first-order valence-electron chi connectivity index (χ1n) is 6.92. The number of amides is 1. The quantitative estimate of drug-likeness (QED) is 0.844. The van der Waals surface area contributed by atoms with Crippen LogP contribution in [0.15, 0.2) is 24.3 Å². The van der Waals surface area contributed by atoms with Gasteiger partial charge < -0.3 is 10.6 Å². The number of hydrogen-bond acceptors (Lipinski definition) is 4. The third-order valence-corrected chi connectivity index (χ3v) is 3.61. The monoisotopic (exact) mass is 272 g/mol. The molecular formula is C15H20N4O. The maximum atomic E-state index is 12.1. The van der Waals surface area contributed by atoms with Crippen molar-refractivity contribution < 1.29 is 4.79 Å². The average Bonchev–Trinajstić information content (AvgIpc) is 2.87. The zero-order valence-electron chi connectivity index (χ0n) is 11.7. The van der Waals surface area contributed by atoms with E-state index in [1.165, 1.54) is 0 Å². The second-order valence-electron chi connectivity index (χ2n) is 5.03. The predicted octanol–water partition coefficient (Wildman–Crippen LogP) is 1.18. The van der Waals surface area contributed by atoms with Crippen molar-refractivity contribution in [2.24, 2.45) is 0 Å². The molecule has 1 aliphatic rings. The molecule has 0 bridgehead atoms. The normalized spacial score (nSPS) is 18.7. The van der Waals surface area contributed by atoms with E-state index in [-0.39, 0.29) is 5.91 Å². The highest BCUT2D eigenvalue weighted by Crippen LogP contribution is 2.17. The molecule has 1 aromatic carbocycles. The van der Waals surface area contributed by atoms with Gasteiger partial charge in [-0.05, 0) is 38.6 Å². The third kappa shape index (κ3) is 3.56. The predicted molar refractivity (Wildman–Crippen MR) is 78.3 cm³/mol. The van der Waals surface area contributed by atoms with Crippen molar-refractivity contribution in [1.82, 2.24) is 10.2 Å². The lowest BCUT2D eigenvalue weighted by molar-refractivity contribution is -0.117. The van der Waals surface area contributed by atoms with Gasteiger partial charge in [-0.2, -0.15) is 5.26 Å². The molecule has 1 aliphatic heterocycles. The topological polar surface area (TPSA) is 68.2 Å². The van der Waals surface area contributed by atoms with E-state index >= 15 is 0 Å². The number of likely N-dealkylation sites (tertiary alicyclic amines) is 1. The molecule has 2 rings (SSSR count). The number of likely N-dealkylation sites (N-methyl/N-ethyl adjacent to an activating group) is 1. The van der Waals surface area contributed by atoms with Crippen molar-refractivity contribution >= 4 is 11.6 Å². The average molecular weight is 272 g/mol. The molecule has 5 nitrogen and oxygen atoms in total. The van der Waals surface area contributed by atoms with Crippen molar-refractivity contribution in [3.8, 4) is 6.07 Å². The second-order valence-corrected chi connectivity index (χ2v) is 5.03. The number of carbonyl (C=O) groups is 1. The Labute approximate surface area is 119 Å². The van der Waals surface area contributed by atoms with Crippen LogP contribution in [0.3, 0.4) is 0 Å². The zero-order valence-corrected chi connectivity index (χ0v) is 11.7. The molecule has 1 saturated heterocycles. The number of para-hydroxylation sites is 1. The van der Waals surface area contributed by atoms with Crippen molar-refractivity contribution in [3.05, 3.63) is 29.8 Å². The van der Waals surface area contributed by atoms with Crippen LogP contribution in [0.4, 0.5) is 5.69 Å². The SMILES string of the molecule is CNCC1CCCN1CC(=O)Nc1ccccc1C#N. The van der Waals surface area contributed by atoms with E-state index < -0.39 is 0 Å². The van der Waals surface area contributed by atoms with Gasteiger partial charge in [0.15, 0.2) is 0 Å². The number of nitriles is 1. The first-order chi connectivity index (χ1) is 9.74. The number of anilines is 1. The van der Waals surface area contributed by atoms with Gasteiger partial charge in [0.2, 0.25) is 5.91 Å². The standard InChI is InChI=1S/C15H20N4O/c1-17-10-13-6-4-8-19(13)11-15(20)18-14-7-3-2-5-12(14)9-16/h2-3,5,7,13,17H,4,6,8,10-11H2,1H3,(H,18,20). The highest BCUT2D eigenvalue weighted by molar-refractivity contribution is 5.93. The minimum atomic E-state index is -0.0595. The van der Waals surface area contributed by atoms with E-state index in [1.807, 2.05) is 13.1 Å². The molecule has 1 fully saturated rings. The van der Waals surface area contributed by atoms with E-state index in [1.54, 1.807) is 18.2 Å². The molecule has 0 aliphatic carbocycles. The van der Waals surface area contributed by atoms with Gasteiger partial charge in [-0.15, -0.1) is 0 Å². The maximum absolute atomic E-state index is 12.1. The van der Waals surface area contributed by atoms with Crippen LogP contribution in [0.25, 0.3) is 0 Å². The lowest BCUT2D eigenvalue weighted by Crippen LogP contribution is -2.41. The van der Waals surface area contributed by atoms with E-state index in [0.29, 0.717) is 23.8 Å². The first kappa shape index (κ1) is 14.5.